The van der Waals surface area contributed by atoms with Gasteiger partial charge in [-0.25, -0.2) is 4.79 Å². The van der Waals surface area contributed by atoms with Crippen molar-refractivity contribution in [3.63, 3.8) is 0 Å². The minimum absolute atomic E-state index is 0.0284. The lowest BCUT2D eigenvalue weighted by Gasteiger charge is -2.38. The molecular weight excluding hydrogens is 242 g/mol. The Morgan fingerprint density at radius 1 is 1.26 bits per heavy atom. The molecule has 0 aromatic carbocycles. The van der Waals surface area contributed by atoms with Crippen LogP contribution in [-0.2, 0) is 9.59 Å². The number of carboxylic acids is 1. The van der Waals surface area contributed by atoms with Gasteiger partial charge in [0.1, 0.15) is 6.04 Å². The van der Waals surface area contributed by atoms with Crippen LogP contribution < -0.4 is 5.32 Å². The molecule has 0 aliphatic heterocycles. The highest BCUT2D eigenvalue weighted by molar-refractivity contribution is 5.85. The highest BCUT2D eigenvalue weighted by atomic mass is 16.4. The fourth-order valence-electron chi connectivity index (χ4n) is 3.63. The van der Waals surface area contributed by atoms with Crippen molar-refractivity contribution in [2.45, 2.75) is 58.9 Å². The van der Waals surface area contributed by atoms with E-state index in [0.717, 1.165) is 32.1 Å². The zero-order chi connectivity index (χ0) is 14.2. The monoisotopic (exact) mass is 267 g/mol. The Bertz CT molecular complexity index is 374. The van der Waals surface area contributed by atoms with Crippen LogP contribution in [-0.4, -0.2) is 23.0 Å². The molecule has 4 nitrogen and oxygen atoms in total. The molecule has 0 aromatic rings. The predicted octanol–water partition coefficient (Wildman–Crippen LogP) is 2.43. The van der Waals surface area contributed by atoms with Crippen LogP contribution >= 0.6 is 0 Å². The number of carbonyl (C=O) groups is 2. The summed E-state index contributed by atoms with van der Waals surface area (Å²) in [5.41, 5.74) is 0.179. The fraction of sp³-hybridized carbons (Fsp3) is 0.867. The largest absolute Gasteiger partial charge is 0.480 e. The maximum Gasteiger partial charge on any atom is 0.326 e. The Balaban J connectivity index is 1.96. The minimum Gasteiger partial charge on any atom is -0.480 e. The van der Waals surface area contributed by atoms with Crippen molar-refractivity contribution < 1.29 is 14.7 Å². The molecule has 0 saturated heterocycles. The van der Waals surface area contributed by atoms with Crippen LogP contribution in [0.5, 0.6) is 0 Å². The van der Waals surface area contributed by atoms with Crippen molar-refractivity contribution in [2.75, 3.05) is 0 Å². The maximum atomic E-state index is 12.3. The van der Waals surface area contributed by atoms with Crippen LogP contribution in [0.25, 0.3) is 0 Å². The van der Waals surface area contributed by atoms with Gasteiger partial charge in [-0.15, -0.1) is 0 Å². The zero-order valence-corrected chi connectivity index (χ0v) is 12.1. The molecule has 2 aliphatic rings. The molecule has 2 N–H and O–H groups in total. The summed E-state index contributed by atoms with van der Waals surface area (Å²) in [7, 11) is 0. The molecule has 2 rings (SSSR count). The molecule has 108 valence electrons. The first-order chi connectivity index (χ1) is 8.78. The van der Waals surface area contributed by atoms with Gasteiger partial charge in [0.05, 0.1) is 0 Å². The number of amides is 1. The van der Waals surface area contributed by atoms with Crippen LogP contribution in [0.3, 0.4) is 0 Å². The molecule has 0 radical (unpaired) electrons. The standard InChI is InChI=1S/C15H25NO3/c1-9-6-11(8-15(2,3)7-9)13(17)16-12(14(18)19)10-4-5-10/h9-12H,4-8H2,1-3H3,(H,16,17)(H,18,19). The van der Waals surface area contributed by atoms with Crippen molar-refractivity contribution in [2.24, 2.45) is 23.2 Å². The molecule has 4 heteroatoms. The van der Waals surface area contributed by atoms with Crippen molar-refractivity contribution >= 4 is 11.9 Å². The highest BCUT2D eigenvalue weighted by Gasteiger charge is 2.40. The average molecular weight is 267 g/mol. The Labute approximate surface area is 115 Å². The number of carboxylic acid groups (broad SMARTS) is 1. The number of hydrogen-bond acceptors (Lipinski definition) is 2. The van der Waals surface area contributed by atoms with Crippen LogP contribution in [0.15, 0.2) is 0 Å². The van der Waals surface area contributed by atoms with Gasteiger partial charge in [0, 0.05) is 5.92 Å². The topological polar surface area (TPSA) is 66.4 Å². The summed E-state index contributed by atoms with van der Waals surface area (Å²) < 4.78 is 0. The summed E-state index contributed by atoms with van der Waals surface area (Å²) in [5.74, 6) is -0.295. The van der Waals surface area contributed by atoms with E-state index in [-0.39, 0.29) is 23.2 Å². The summed E-state index contributed by atoms with van der Waals surface area (Å²) in [6.07, 6.45) is 4.72. The molecule has 0 aromatic heterocycles. The molecule has 3 unspecified atom stereocenters. The van der Waals surface area contributed by atoms with Crippen molar-refractivity contribution in [1.29, 1.82) is 0 Å². The zero-order valence-electron chi connectivity index (χ0n) is 12.1. The fourth-order valence-corrected chi connectivity index (χ4v) is 3.63. The molecule has 0 spiro atoms. The van der Waals surface area contributed by atoms with Gasteiger partial charge < -0.3 is 10.4 Å². The van der Waals surface area contributed by atoms with Gasteiger partial charge >= 0.3 is 5.97 Å². The SMILES string of the molecule is CC1CC(C(=O)NC(C(=O)O)C2CC2)CC(C)(C)C1. The van der Waals surface area contributed by atoms with Crippen molar-refractivity contribution in [3.05, 3.63) is 0 Å². The smallest absolute Gasteiger partial charge is 0.326 e. The molecule has 0 bridgehead atoms. The van der Waals surface area contributed by atoms with E-state index in [9.17, 15) is 14.7 Å². The summed E-state index contributed by atoms with van der Waals surface area (Å²) in [5, 5.41) is 11.9. The van der Waals surface area contributed by atoms with Gasteiger partial charge in [0.2, 0.25) is 5.91 Å². The van der Waals surface area contributed by atoms with E-state index in [2.05, 4.69) is 26.1 Å². The second-order valence-corrected chi connectivity index (χ2v) is 7.27. The first kappa shape index (κ1) is 14.4. The van der Waals surface area contributed by atoms with E-state index >= 15 is 0 Å². The number of aliphatic carboxylic acids is 1. The lowest BCUT2D eigenvalue weighted by molar-refractivity contribution is -0.143. The summed E-state index contributed by atoms with van der Waals surface area (Å²) in [6.45, 7) is 6.56. The molecular formula is C15H25NO3. The molecule has 19 heavy (non-hydrogen) atoms. The number of carbonyl (C=O) groups excluding carboxylic acids is 1. The second-order valence-electron chi connectivity index (χ2n) is 7.27. The number of rotatable bonds is 4. The van der Waals surface area contributed by atoms with E-state index in [0.29, 0.717) is 5.92 Å². The van der Waals surface area contributed by atoms with Gasteiger partial charge in [-0.3, -0.25) is 4.79 Å². The first-order valence-corrected chi connectivity index (χ1v) is 7.32. The second kappa shape index (κ2) is 5.14. The summed E-state index contributed by atoms with van der Waals surface area (Å²) in [6, 6.07) is -0.673. The van der Waals surface area contributed by atoms with Gasteiger partial charge in [0.15, 0.2) is 0 Å². The van der Waals surface area contributed by atoms with E-state index in [4.69, 9.17) is 0 Å². The average Bonchev–Trinajstić information content (AvgIpc) is 3.05. The van der Waals surface area contributed by atoms with Crippen molar-refractivity contribution in [3.8, 4) is 0 Å². The number of hydrogen-bond donors (Lipinski definition) is 2. The van der Waals surface area contributed by atoms with Crippen LogP contribution in [0.4, 0.5) is 0 Å². The molecule has 0 heterocycles. The Morgan fingerprint density at radius 3 is 2.37 bits per heavy atom. The van der Waals surface area contributed by atoms with Gasteiger partial charge in [0.25, 0.3) is 0 Å². The lowest BCUT2D eigenvalue weighted by atomic mass is 9.68. The third-order valence-electron chi connectivity index (χ3n) is 4.41. The van der Waals surface area contributed by atoms with E-state index in [1.807, 2.05) is 0 Å². The van der Waals surface area contributed by atoms with Gasteiger partial charge in [-0.1, -0.05) is 20.8 Å². The predicted molar refractivity (Wildman–Crippen MR) is 72.6 cm³/mol. The normalized spacial score (nSPS) is 31.5. The molecule has 2 fully saturated rings. The van der Waals surface area contributed by atoms with E-state index in [1.165, 1.54) is 0 Å². The Morgan fingerprint density at radius 2 is 1.89 bits per heavy atom. The summed E-state index contributed by atoms with van der Waals surface area (Å²) in [4.78, 5) is 23.5. The van der Waals surface area contributed by atoms with Gasteiger partial charge in [-0.05, 0) is 49.4 Å². The Kier molecular flexibility index (Phi) is 3.88. The first-order valence-electron chi connectivity index (χ1n) is 7.32. The minimum atomic E-state index is -0.890. The number of nitrogens with one attached hydrogen (secondary N) is 1. The lowest BCUT2D eigenvalue weighted by Crippen LogP contribution is -2.47. The molecule has 2 aliphatic carbocycles. The van der Waals surface area contributed by atoms with E-state index < -0.39 is 12.0 Å². The molecule has 2 saturated carbocycles. The van der Waals surface area contributed by atoms with Gasteiger partial charge in [-0.2, -0.15) is 0 Å². The Hall–Kier alpha value is -1.06. The molecule has 1 amide bonds. The third-order valence-corrected chi connectivity index (χ3v) is 4.41. The van der Waals surface area contributed by atoms with Crippen LogP contribution in [0.2, 0.25) is 0 Å². The third kappa shape index (κ3) is 3.71. The summed E-state index contributed by atoms with van der Waals surface area (Å²) >= 11 is 0. The highest BCUT2D eigenvalue weighted by Crippen LogP contribution is 2.42. The van der Waals surface area contributed by atoms with E-state index in [1.54, 1.807) is 0 Å². The van der Waals surface area contributed by atoms with Crippen molar-refractivity contribution in [1.82, 2.24) is 5.32 Å². The van der Waals surface area contributed by atoms with Crippen LogP contribution in [0, 0.1) is 23.2 Å². The molecule has 3 atom stereocenters. The quantitative estimate of drug-likeness (QED) is 0.822. The maximum absolute atomic E-state index is 12.3. The van der Waals surface area contributed by atoms with Crippen LogP contribution in [0.1, 0.15) is 52.9 Å².